The molecule has 4 aromatic carbocycles. The minimum Gasteiger partial charge on any atom is -0.457 e. The molecule has 5 rings (SSSR count). The number of thiazole rings is 1. The van der Waals surface area contributed by atoms with E-state index in [0.29, 0.717) is 28.7 Å². The van der Waals surface area contributed by atoms with Crippen LogP contribution in [0, 0.1) is 6.92 Å². The van der Waals surface area contributed by atoms with Crippen molar-refractivity contribution >= 4 is 32.6 Å². The molecule has 0 saturated heterocycles. The Hall–Kier alpha value is -3.96. The summed E-state index contributed by atoms with van der Waals surface area (Å²) in [6.45, 7) is 2.45. The lowest BCUT2D eigenvalue weighted by Crippen LogP contribution is -2.30. The average molecular weight is 451 g/mol. The van der Waals surface area contributed by atoms with E-state index in [0.717, 1.165) is 21.3 Å². The summed E-state index contributed by atoms with van der Waals surface area (Å²) in [5.41, 5.74) is 3.55. The van der Waals surface area contributed by atoms with Gasteiger partial charge in [0.15, 0.2) is 5.13 Å². The highest BCUT2D eigenvalue weighted by Gasteiger charge is 2.25. The number of aryl methyl sites for hydroxylation is 1. The van der Waals surface area contributed by atoms with Crippen LogP contribution in [0.15, 0.2) is 103 Å². The number of rotatable bonds is 6. The van der Waals surface area contributed by atoms with Crippen molar-refractivity contribution < 1.29 is 9.53 Å². The maximum Gasteiger partial charge on any atom is 0.264 e. The molecular formula is C28H22N2O2S. The fourth-order valence-electron chi connectivity index (χ4n) is 3.68. The Labute approximate surface area is 196 Å². The van der Waals surface area contributed by atoms with Gasteiger partial charge in [-0.05, 0) is 48.4 Å². The molecule has 0 N–H and O–H groups in total. The van der Waals surface area contributed by atoms with Gasteiger partial charge in [-0.15, -0.1) is 0 Å². The topological polar surface area (TPSA) is 42.4 Å². The molecule has 0 bridgehead atoms. The lowest BCUT2D eigenvalue weighted by Gasteiger charge is -2.21. The van der Waals surface area contributed by atoms with Gasteiger partial charge in [0.1, 0.15) is 11.5 Å². The Kier molecular flexibility index (Phi) is 5.87. The van der Waals surface area contributed by atoms with Crippen LogP contribution in [-0.4, -0.2) is 10.9 Å². The molecule has 1 heterocycles. The fraction of sp³-hybridized carbons (Fsp3) is 0.0714. The predicted molar refractivity (Wildman–Crippen MR) is 134 cm³/mol. The van der Waals surface area contributed by atoms with Gasteiger partial charge in [0.25, 0.3) is 5.91 Å². The molecule has 0 spiro atoms. The number of amides is 1. The number of benzene rings is 4. The molecule has 5 aromatic rings. The summed E-state index contributed by atoms with van der Waals surface area (Å²) in [5, 5.41) is 0.669. The number of hydrogen-bond donors (Lipinski definition) is 0. The molecule has 0 radical (unpaired) electrons. The maximum atomic E-state index is 13.9. The van der Waals surface area contributed by atoms with Crippen LogP contribution in [0.2, 0.25) is 0 Å². The fourth-order valence-corrected chi connectivity index (χ4v) is 4.72. The molecular weight excluding hydrogens is 428 g/mol. The zero-order valence-electron chi connectivity index (χ0n) is 18.1. The van der Waals surface area contributed by atoms with Crippen LogP contribution in [0.25, 0.3) is 10.2 Å². The molecule has 0 aliphatic heterocycles. The summed E-state index contributed by atoms with van der Waals surface area (Å²) in [6.07, 6.45) is 0. The first kappa shape index (κ1) is 20.9. The van der Waals surface area contributed by atoms with Crippen molar-refractivity contribution in [2.45, 2.75) is 13.5 Å². The summed E-state index contributed by atoms with van der Waals surface area (Å²) < 4.78 is 7.14. The number of para-hydroxylation sites is 3. The van der Waals surface area contributed by atoms with Crippen molar-refractivity contribution in [1.82, 2.24) is 4.98 Å². The highest BCUT2D eigenvalue weighted by atomic mass is 32.1. The minimum absolute atomic E-state index is 0.151. The van der Waals surface area contributed by atoms with Crippen LogP contribution >= 0.6 is 11.3 Å². The molecule has 0 fully saturated rings. The van der Waals surface area contributed by atoms with Crippen molar-refractivity contribution in [3.63, 3.8) is 0 Å². The quantitative estimate of drug-likeness (QED) is 0.274. The van der Waals surface area contributed by atoms with Crippen LogP contribution in [-0.2, 0) is 6.54 Å². The molecule has 0 atom stereocenters. The lowest BCUT2D eigenvalue weighted by atomic mass is 10.1. The number of aromatic nitrogens is 1. The summed E-state index contributed by atoms with van der Waals surface area (Å²) >= 11 is 1.52. The second-order valence-corrected chi connectivity index (χ2v) is 8.72. The Bertz CT molecular complexity index is 1400. The van der Waals surface area contributed by atoms with Gasteiger partial charge in [-0.1, -0.05) is 84.1 Å². The lowest BCUT2D eigenvalue weighted by molar-refractivity contribution is 0.0983. The van der Waals surface area contributed by atoms with E-state index < -0.39 is 0 Å². The van der Waals surface area contributed by atoms with Crippen LogP contribution < -0.4 is 9.64 Å². The van der Waals surface area contributed by atoms with Gasteiger partial charge in [0.05, 0.1) is 22.3 Å². The van der Waals surface area contributed by atoms with E-state index in [1.165, 1.54) is 11.3 Å². The average Bonchev–Trinajstić information content (AvgIpc) is 3.29. The van der Waals surface area contributed by atoms with Crippen LogP contribution in [0.1, 0.15) is 21.5 Å². The number of fused-ring (bicyclic) bond motifs is 1. The number of carbonyl (C=O) groups is 1. The SMILES string of the molecule is Cc1cccc2sc(N(Cc3ccccc3)C(=O)c3ccccc3Oc3ccccc3)nc12. The van der Waals surface area contributed by atoms with E-state index in [4.69, 9.17) is 9.72 Å². The van der Waals surface area contributed by atoms with Gasteiger partial charge in [0, 0.05) is 0 Å². The monoisotopic (exact) mass is 450 g/mol. The first-order valence-electron chi connectivity index (χ1n) is 10.7. The molecule has 0 aliphatic carbocycles. The van der Waals surface area contributed by atoms with E-state index in [9.17, 15) is 4.79 Å². The first-order chi connectivity index (χ1) is 16.2. The third-order valence-corrected chi connectivity index (χ3v) is 6.40. The molecule has 0 aliphatic rings. The molecule has 0 unspecified atom stereocenters. The van der Waals surface area contributed by atoms with Gasteiger partial charge < -0.3 is 4.74 Å². The Morgan fingerprint density at radius 2 is 1.55 bits per heavy atom. The van der Waals surface area contributed by atoms with E-state index in [2.05, 4.69) is 0 Å². The Morgan fingerprint density at radius 1 is 0.848 bits per heavy atom. The zero-order chi connectivity index (χ0) is 22.6. The van der Waals surface area contributed by atoms with Gasteiger partial charge in [-0.2, -0.15) is 0 Å². The van der Waals surface area contributed by atoms with E-state index in [1.807, 2.05) is 104 Å². The number of nitrogens with zero attached hydrogens (tertiary/aromatic N) is 2. The molecule has 1 aromatic heterocycles. The normalized spacial score (nSPS) is 10.8. The van der Waals surface area contributed by atoms with E-state index in [-0.39, 0.29) is 5.91 Å². The highest BCUT2D eigenvalue weighted by molar-refractivity contribution is 7.22. The van der Waals surface area contributed by atoms with Crippen LogP contribution in [0.3, 0.4) is 0 Å². The minimum atomic E-state index is -0.151. The Morgan fingerprint density at radius 3 is 2.30 bits per heavy atom. The molecule has 162 valence electrons. The van der Waals surface area contributed by atoms with Gasteiger partial charge in [0.2, 0.25) is 0 Å². The summed E-state index contributed by atoms with van der Waals surface area (Å²) in [4.78, 5) is 20.5. The largest absolute Gasteiger partial charge is 0.457 e. The summed E-state index contributed by atoms with van der Waals surface area (Å²) in [5.74, 6) is 1.05. The van der Waals surface area contributed by atoms with Gasteiger partial charge in [-0.3, -0.25) is 9.69 Å². The van der Waals surface area contributed by atoms with E-state index in [1.54, 1.807) is 11.0 Å². The van der Waals surface area contributed by atoms with Crippen molar-refractivity contribution in [3.05, 3.63) is 120 Å². The van der Waals surface area contributed by atoms with E-state index >= 15 is 0 Å². The van der Waals surface area contributed by atoms with Crippen molar-refractivity contribution in [1.29, 1.82) is 0 Å². The molecule has 5 heteroatoms. The second kappa shape index (κ2) is 9.27. The number of carbonyl (C=O) groups excluding carboxylic acids is 1. The Balaban J connectivity index is 1.57. The molecule has 4 nitrogen and oxygen atoms in total. The molecule has 33 heavy (non-hydrogen) atoms. The third kappa shape index (κ3) is 4.49. The smallest absolute Gasteiger partial charge is 0.264 e. The summed E-state index contributed by atoms with van der Waals surface area (Å²) in [7, 11) is 0. The standard InChI is InChI=1S/C28H22N2O2S/c1-20-11-10-18-25-26(20)29-28(33-25)30(19-21-12-4-2-5-13-21)27(31)23-16-8-9-17-24(23)32-22-14-6-3-7-15-22/h2-18H,19H2,1H3. The summed E-state index contributed by atoms with van der Waals surface area (Å²) in [6, 6.07) is 32.9. The highest BCUT2D eigenvalue weighted by Crippen LogP contribution is 2.34. The number of hydrogen-bond acceptors (Lipinski definition) is 4. The number of anilines is 1. The van der Waals surface area contributed by atoms with Crippen molar-refractivity contribution in [2.24, 2.45) is 0 Å². The van der Waals surface area contributed by atoms with Crippen LogP contribution in [0.4, 0.5) is 5.13 Å². The first-order valence-corrected chi connectivity index (χ1v) is 11.5. The second-order valence-electron chi connectivity index (χ2n) is 7.71. The van der Waals surface area contributed by atoms with Crippen molar-refractivity contribution in [3.8, 4) is 11.5 Å². The van der Waals surface area contributed by atoms with Gasteiger partial charge in [-0.25, -0.2) is 4.98 Å². The van der Waals surface area contributed by atoms with Gasteiger partial charge >= 0.3 is 0 Å². The molecule has 0 saturated carbocycles. The maximum absolute atomic E-state index is 13.9. The zero-order valence-corrected chi connectivity index (χ0v) is 19.0. The third-order valence-electron chi connectivity index (χ3n) is 5.36. The molecule has 1 amide bonds. The van der Waals surface area contributed by atoms with Crippen LogP contribution in [0.5, 0.6) is 11.5 Å². The predicted octanol–water partition coefficient (Wildman–Crippen LogP) is 7.24. The number of ether oxygens (including phenoxy) is 1. The van der Waals surface area contributed by atoms with Crippen molar-refractivity contribution in [2.75, 3.05) is 4.90 Å².